The van der Waals surface area contributed by atoms with Crippen molar-refractivity contribution in [2.24, 2.45) is 0 Å². The molecule has 0 aliphatic rings. The maximum Gasteiger partial charge on any atom is 0.261 e. The zero-order valence-corrected chi connectivity index (χ0v) is 17.5. The largest absolute Gasteiger partial charge is 0.397 e. The summed E-state index contributed by atoms with van der Waals surface area (Å²) in [7, 11) is -3.70. The number of aryl methyl sites for hydroxylation is 2. The first-order chi connectivity index (χ1) is 14.2. The summed E-state index contributed by atoms with van der Waals surface area (Å²) in [5, 5.41) is 2.70. The molecule has 3 aromatic rings. The number of carbonyl (C=O) groups excluding carboxylic acids is 1. The van der Waals surface area contributed by atoms with Gasteiger partial charge in [0.25, 0.3) is 10.0 Å². The molecule has 7 heteroatoms. The summed E-state index contributed by atoms with van der Waals surface area (Å²) in [5.41, 5.74) is 10.1. The zero-order chi connectivity index (χ0) is 21.7. The smallest absolute Gasteiger partial charge is 0.261 e. The fraction of sp³-hybridized carbons (Fsp3) is 0.0870. The first-order valence-corrected chi connectivity index (χ1v) is 10.8. The summed E-state index contributed by atoms with van der Waals surface area (Å²) in [6, 6.07) is 18.6. The fourth-order valence-electron chi connectivity index (χ4n) is 2.73. The van der Waals surface area contributed by atoms with Gasteiger partial charge < -0.3 is 11.1 Å². The van der Waals surface area contributed by atoms with E-state index < -0.39 is 10.0 Å². The van der Waals surface area contributed by atoms with E-state index >= 15 is 0 Å². The Morgan fingerprint density at radius 1 is 0.933 bits per heavy atom. The van der Waals surface area contributed by atoms with Crippen molar-refractivity contribution in [2.45, 2.75) is 18.7 Å². The van der Waals surface area contributed by atoms with Crippen LogP contribution in [0.15, 0.2) is 77.7 Å². The second-order valence-corrected chi connectivity index (χ2v) is 8.57. The number of hydrogen-bond donors (Lipinski definition) is 3. The lowest BCUT2D eigenvalue weighted by Gasteiger charge is -2.10. The SMILES string of the molecule is Cc1ccc(NS(=O)(=O)c2ccc(/C=C/C(=O)Nc3ccccc3N)cc2)cc1C. The Hall–Kier alpha value is -3.58. The van der Waals surface area contributed by atoms with Crippen molar-refractivity contribution in [2.75, 3.05) is 15.8 Å². The minimum absolute atomic E-state index is 0.138. The third-order valence-corrected chi connectivity index (χ3v) is 5.99. The van der Waals surface area contributed by atoms with E-state index in [1.165, 1.54) is 18.2 Å². The molecule has 3 aromatic carbocycles. The zero-order valence-electron chi connectivity index (χ0n) is 16.7. The Balaban J connectivity index is 1.67. The average Bonchev–Trinajstić information content (AvgIpc) is 2.71. The van der Waals surface area contributed by atoms with E-state index in [-0.39, 0.29) is 10.8 Å². The molecule has 0 saturated carbocycles. The summed E-state index contributed by atoms with van der Waals surface area (Å²) < 4.78 is 27.8. The van der Waals surface area contributed by atoms with E-state index in [0.29, 0.717) is 22.6 Å². The molecular weight excluding hydrogens is 398 g/mol. The standard InChI is InChI=1S/C23H23N3O3S/c1-16-7-11-19(15-17(16)2)26-30(28,29)20-12-8-18(9-13-20)10-14-23(27)25-22-6-4-3-5-21(22)24/h3-15,26H,24H2,1-2H3,(H,25,27)/b14-10+. The van der Waals surface area contributed by atoms with E-state index in [1.54, 1.807) is 54.6 Å². The van der Waals surface area contributed by atoms with Crippen LogP contribution in [0.4, 0.5) is 17.1 Å². The van der Waals surface area contributed by atoms with Gasteiger partial charge in [-0.1, -0.05) is 30.3 Å². The van der Waals surface area contributed by atoms with Crippen molar-refractivity contribution in [1.29, 1.82) is 0 Å². The van der Waals surface area contributed by atoms with Gasteiger partial charge in [-0.25, -0.2) is 8.42 Å². The number of carbonyl (C=O) groups is 1. The molecule has 4 N–H and O–H groups in total. The van der Waals surface area contributed by atoms with Crippen LogP contribution in [0.5, 0.6) is 0 Å². The predicted octanol–water partition coefficient (Wildman–Crippen LogP) is 4.34. The van der Waals surface area contributed by atoms with Crippen LogP contribution in [-0.4, -0.2) is 14.3 Å². The molecule has 0 heterocycles. The minimum atomic E-state index is -3.70. The number of anilines is 3. The van der Waals surface area contributed by atoms with Crippen molar-refractivity contribution < 1.29 is 13.2 Å². The highest BCUT2D eigenvalue weighted by molar-refractivity contribution is 7.92. The van der Waals surface area contributed by atoms with E-state index in [2.05, 4.69) is 10.0 Å². The Morgan fingerprint density at radius 2 is 1.63 bits per heavy atom. The van der Waals surface area contributed by atoms with Crippen LogP contribution in [0.1, 0.15) is 16.7 Å². The van der Waals surface area contributed by atoms with Crippen molar-refractivity contribution in [3.63, 3.8) is 0 Å². The quantitative estimate of drug-likeness (QED) is 0.407. The monoisotopic (exact) mass is 421 g/mol. The minimum Gasteiger partial charge on any atom is -0.397 e. The van der Waals surface area contributed by atoms with Crippen molar-refractivity contribution in [1.82, 2.24) is 0 Å². The second-order valence-electron chi connectivity index (χ2n) is 6.88. The number of benzene rings is 3. The summed E-state index contributed by atoms with van der Waals surface area (Å²) in [4.78, 5) is 12.2. The number of rotatable bonds is 6. The number of sulfonamides is 1. The average molecular weight is 422 g/mol. The highest BCUT2D eigenvalue weighted by Gasteiger charge is 2.14. The number of nitrogens with two attached hydrogens (primary N) is 1. The Morgan fingerprint density at radius 3 is 2.30 bits per heavy atom. The number of nitrogens with one attached hydrogen (secondary N) is 2. The Kier molecular flexibility index (Phi) is 6.23. The molecule has 0 fully saturated rings. The van der Waals surface area contributed by atoms with Crippen molar-refractivity contribution >= 4 is 39.1 Å². The number of nitrogen functional groups attached to an aromatic ring is 1. The van der Waals surface area contributed by atoms with Gasteiger partial charge in [0.2, 0.25) is 5.91 Å². The first-order valence-electron chi connectivity index (χ1n) is 9.28. The van der Waals surface area contributed by atoms with Crippen LogP contribution < -0.4 is 15.8 Å². The van der Waals surface area contributed by atoms with Crippen LogP contribution in [0.3, 0.4) is 0 Å². The first kappa shape index (κ1) is 21.1. The Bertz CT molecular complexity index is 1200. The lowest BCUT2D eigenvalue weighted by Crippen LogP contribution is -2.13. The molecule has 0 radical (unpaired) electrons. The van der Waals surface area contributed by atoms with E-state index in [0.717, 1.165) is 11.1 Å². The van der Waals surface area contributed by atoms with Crippen LogP contribution in [0.25, 0.3) is 6.08 Å². The number of para-hydroxylation sites is 2. The molecule has 3 rings (SSSR count). The Labute approximate surface area is 176 Å². The van der Waals surface area contributed by atoms with Gasteiger partial charge in [-0.2, -0.15) is 0 Å². The highest BCUT2D eigenvalue weighted by atomic mass is 32.2. The van der Waals surface area contributed by atoms with Crippen molar-refractivity contribution in [3.05, 3.63) is 89.5 Å². The summed E-state index contributed by atoms with van der Waals surface area (Å²) in [5.74, 6) is -0.332. The number of amides is 1. The van der Waals surface area contributed by atoms with Crippen LogP contribution in [0, 0.1) is 13.8 Å². The van der Waals surface area contributed by atoms with Gasteiger partial charge in [-0.05, 0) is 73.0 Å². The molecular formula is C23H23N3O3S. The van der Waals surface area contributed by atoms with Gasteiger partial charge >= 0.3 is 0 Å². The van der Waals surface area contributed by atoms with Gasteiger partial charge in [0.1, 0.15) is 0 Å². The summed E-state index contributed by atoms with van der Waals surface area (Å²) >= 11 is 0. The lowest BCUT2D eigenvalue weighted by molar-refractivity contribution is -0.111. The van der Waals surface area contributed by atoms with Crippen molar-refractivity contribution in [3.8, 4) is 0 Å². The topological polar surface area (TPSA) is 101 Å². The third kappa shape index (κ3) is 5.27. The van der Waals surface area contributed by atoms with E-state index in [1.807, 2.05) is 19.9 Å². The van der Waals surface area contributed by atoms with Gasteiger partial charge in [-0.15, -0.1) is 0 Å². The third-order valence-electron chi connectivity index (χ3n) is 4.60. The van der Waals surface area contributed by atoms with E-state index in [4.69, 9.17) is 5.73 Å². The maximum absolute atomic E-state index is 12.6. The lowest BCUT2D eigenvalue weighted by atomic mass is 10.1. The molecule has 0 atom stereocenters. The predicted molar refractivity (Wildman–Crippen MR) is 122 cm³/mol. The summed E-state index contributed by atoms with van der Waals surface area (Å²) in [6.07, 6.45) is 2.96. The van der Waals surface area contributed by atoms with Gasteiger partial charge in [0, 0.05) is 11.8 Å². The molecule has 6 nitrogen and oxygen atoms in total. The van der Waals surface area contributed by atoms with Gasteiger partial charge in [-0.3, -0.25) is 9.52 Å². The maximum atomic E-state index is 12.6. The summed E-state index contributed by atoms with van der Waals surface area (Å²) in [6.45, 7) is 3.89. The molecule has 0 aliphatic carbocycles. The second kappa shape index (κ2) is 8.84. The molecule has 0 spiro atoms. The molecule has 0 bridgehead atoms. The van der Waals surface area contributed by atoms with Crippen LogP contribution in [0.2, 0.25) is 0 Å². The molecule has 30 heavy (non-hydrogen) atoms. The molecule has 0 aliphatic heterocycles. The molecule has 0 aromatic heterocycles. The highest BCUT2D eigenvalue weighted by Crippen LogP contribution is 2.20. The van der Waals surface area contributed by atoms with Crippen LogP contribution >= 0.6 is 0 Å². The normalized spacial score (nSPS) is 11.4. The molecule has 154 valence electrons. The van der Waals surface area contributed by atoms with Gasteiger partial charge in [0.05, 0.1) is 16.3 Å². The van der Waals surface area contributed by atoms with Crippen LogP contribution in [-0.2, 0) is 14.8 Å². The fourth-order valence-corrected chi connectivity index (χ4v) is 3.78. The molecule has 0 unspecified atom stereocenters. The molecule has 0 saturated heterocycles. The number of hydrogen-bond acceptors (Lipinski definition) is 4. The molecule has 1 amide bonds. The van der Waals surface area contributed by atoms with E-state index in [9.17, 15) is 13.2 Å². The van der Waals surface area contributed by atoms with Gasteiger partial charge in [0.15, 0.2) is 0 Å².